The van der Waals surface area contributed by atoms with Gasteiger partial charge < -0.3 is 10.6 Å². The first kappa shape index (κ1) is 18.1. The van der Waals surface area contributed by atoms with Crippen LogP contribution in [0.5, 0.6) is 0 Å². The van der Waals surface area contributed by atoms with Crippen molar-refractivity contribution in [2.24, 2.45) is 0 Å². The van der Waals surface area contributed by atoms with E-state index in [2.05, 4.69) is 10.6 Å². The van der Waals surface area contributed by atoms with Crippen molar-refractivity contribution in [3.63, 3.8) is 0 Å². The monoisotopic (exact) mass is 371 g/mol. The molecule has 0 saturated carbocycles. The normalized spacial score (nSPS) is 19.5. The summed E-state index contributed by atoms with van der Waals surface area (Å²) < 4.78 is 0. The zero-order valence-electron chi connectivity index (χ0n) is 14.7. The van der Waals surface area contributed by atoms with Crippen LogP contribution in [0.15, 0.2) is 41.8 Å². The Kier molecular flexibility index (Phi) is 5.08. The highest BCUT2D eigenvalue weighted by Crippen LogP contribution is 2.28. The fraction of sp³-hybridized carbons (Fsp3) is 0.316. The molecule has 0 spiro atoms. The van der Waals surface area contributed by atoms with Crippen molar-refractivity contribution in [1.82, 2.24) is 15.5 Å². The minimum Gasteiger partial charge on any atom is -0.354 e. The Labute approximate surface area is 156 Å². The third-order valence-corrected chi connectivity index (χ3v) is 5.42. The molecule has 0 radical (unpaired) electrons. The number of imide groups is 1. The number of carbonyl (C=O) groups excluding carboxylic acids is 3. The van der Waals surface area contributed by atoms with Crippen molar-refractivity contribution in [2.75, 3.05) is 13.1 Å². The summed E-state index contributed by atoms with van der Waals surface area (Å²) >= 11 is 1.63. The average molecular weight is 371 g/mol. The van der Waals surface area contributed by atoms with Crippen LogP contribution in [0.4, 0.5) is 4.79 Å². The van der Waals surface area contributed by atoms with E-state index in [1.165, 1.54) is 4.88 Å². The Morgan fingerprint density at radius 1 is 1.23 bits per heavy atom. The molecular weight excluding hydrogens is 350 g/mol. The summed E-state index contributed by atoms with van der Waals surface area (Å²) in [4.78, 5) is 39.3. The van der Waals surface area contributed by atoms with Gasteiger partial charge in [0.15, 0.2) is 0 Å². The number of hydrogen-bond acceptors (Lipinski definition) is 4. The number of amides is 4. The predicted octanol–water partition coefficient (Wildman–Crippen LogP) is 2.18. The molecule has 3 rings (SSSR count). The molecule has 2 N–H and O–H groups in total. The molecule has 1 atom stereocenters. The van der Waals surface area contributed by atoms with Gasteiger partial charge in [0.25, 0.3) is 5.91 Å². The zero-order chi connectivity index (χ0) is 18.7. The van der Waals surface area contributed by atoms with Gasteiger partial charge in [0.1, 0.15) is 12.1 Å². The number of hydrogen-bond donors (Lipinski definition) is 2. The highest BCUT2D eigenvalue weighted by Gasteiger charge is 2.49. The van der Waals surface area contributed by atoms with E-state index in [9.17, 15) is 14.4 Å². The summed E-state index contributed by atoms with van der Waals surface area (Å²) in [5, 5.41) is 7.45. The lowest BCUT2D eigenvalue weighted by Gasteiger charge is -2.22. The van der Waals surface area contributed by atoms with E-state index in [4.69, 9.17) is 0 Å². The highest BCUT2D eigenvalue weighted by molar-refractivity contribution is 7.09. The fourth-order valence-corrected chi connectivity index (χ4v) is 3.61. The number of rotatable bonds is 6. The molecule has 1 saturated heterocycles. The largest absolute Gasteiger partial charge is 0.354 e. The quantitative estimate of drug-likeness (QED) is 0.764. The van der Waals surface area contributed by atoms with Crippen LogP contribution in [0.3, 0.4) is 0 Å². The number of nitrogens with one attached hydrogen (secondary N) is 2. The van der Waals surface area contributed by atoms with Crippen molar-refractivity contribution in [3.8, 4) is 0 Å². The van der Waals surface area contributed by atoms with E-state index in [1.54, 1.807) is 18.3 Å². The Morgan fingerprint density at radius 2 is 1.96 bits per heavy atom. The molecule has 1 aromatic heterocycles. The summed E-state index contributed by atoms with van der Waals surface area (Å²) in [6.07, 6.45) is 0.727. The first-order valence-corrected chi connectivity index (χ1v) is 9.28. The average Bonchev–Trinajstić information content (AvgIpc) is 3.19. The van der Waals surface area contributed by atoms with Gasteiger partial charge in [-0.05, 0) is 37.3 Å². The van der Waals surface area contributed by atoms with Gasteiger partial charge in [0, 0.05) is 11.4 Å². The molecule has 1 fully saturated rings. The smallest absolute Gasteiger partial charge is 0.325 e. The van der Waals surface area contributed by atoms with Crippen LogP contribution in [0.1, 0.15) is 22.9 Å². The maximum absolute atomic E-state index is 12.8. The maximum Gasteiger partial charge on any atom is 0.325 e. The summed E-state index contributed by atoms with van der Waals surface area (Å²) in [7, 11) is 0. The standard InChI is InChI=1S/C19H21N3O3S/c1-13-5-7-14(8-6-13)19(2)17(24)22(18(25)21-19)12-16(23)20-10-9-15-4-3-11-26-15/h3-8,11H,9-10,12H2,1-2H3,(H,20,23)(H,21,25). The van der Waals surface area contributed by atoms with Gasteiger partial charge in [0.2, 0.25) is 5.91 Å². The first-order chi connectivity index (χ1) is 12.4. The van der Waals surface area contributed by atoms with Crippen LogP contribution in [-0.4, -0.2) is 35.8 Å². The molecule has 7 heteroatoms. The van der Waals surface area contributed by atoms with Crippen LogP contribution in [0.2, 0.25) is 0 Å². The summed E-state index contributed by atoms with van der Waals surface area (Å²) in [5.74, 6) is -0.766. The zero-order valence-corrected chi connectivity index (χ0v) is 15.6. The predicted molar refractivity (Wildman–Crippen MR) is 99.8 cm³/mol. The van der Waals surface area contributed by atoms with Crippen molar-refractivity contribution in [3.05, 3.63) is 57.8 Å². The maximum atomic E-state index is 12.8. The third-order valence-electron chi connectivity index (χ3n) is 4.48. The number of thiophene rings is 1. The number of urea groups is 1. The molecule has 0 aliphatic carbocycles. The van der Waals surface area contributed by atoms with E-state index in [1.807, 2.05) is 48.7 Å². The lowest BCUT2D eigenvalue weighted by atomic mass is 9.91. The van der Waals surface area contributed by atoms with E-state index in [-0.39, 0.29) is 12.5 Å². The van der Waals surface area contributed by atoms with Gasteiger partial charge in [-0.25, -0.2) is 4.79 Å². The third kappa shape index (κ3) is 3.62. The minimum absolute atomic E-state index is 0.281. The molecule has 0 bridgehead atoms. The van der Waals surface area contributed by atoms with Gasteiger partial charge in [-0.3, -0.25) is 14.5 Å². The molecule has 1 aliphatic rings. The van der Waals surface area contributed by atoms with Crippen molar-refractivity contribution < 1.29 is 14.4 Å². The second-order valence-corrected chi connectivity index (χ2v) is 7.52. The molecule has 2 heterocycles. The van der Waals surface area contributed by atoms with Gasteiger partial charge in [0.05, 0.1) is 0 Å². The number of nitrogens with zero attached hydrogens (tertiary/aromatic N) is 1. The Hall–Kier alpha value is -2.67. The number of aryl methyl sites for hydroxylation is 1. The molecule has 6 nitrogen and oxygen atoms in total. The lowest BCUT2D eigenvalue weighted by molar-refractivity contribution is -0.134. The Morgan fingerprint density at radius 3 is 2.62 bits per heavy atom. The van der Waals surface area contributed by atoms with Crippen LogP contribution in [0, 0.1) is 6.92 Å². The first-order valence-electron chi connectivity index (χ1n) is 8.40. The summed E-state index contributed by atoms with van der Waals surface area (Å²) in [6.45, 7) is 3.80. The molecule has 4 amide bonds. The second-order valence-electron chi connectivity index (χ2n) is 6.49. The van der Waals surface area contributed by atoms with E-state index >= 15 is 0 Å². The molecule has 136 valence electrons. The van der Waals surface area contributed by atoms with Gasteiger partial charge in [-0.2, -0.15) is 0 Å². The van der Waals surface area contributed by atoms with Crippen LogP contribution in [-0.2, 0) is 21.5 Å². The van der Waals surface area contributed by atoms with Gasteiger partial charge in [-0.15, -0.1) is 11.3 Å². The Balaban J connectivity index is 1.61. The van der Waals surface area contributed by atoms with E-state index in [0.29, 0.717) is 12.1 Å². The summed E-state index contributed by atoms with van der Waals surface area (Å²) in [6, 6.07) is 10.8. The molecule has 2 aromatic rings. The molecule has 1 unspecified atom stereocenters. The van der Waals surface area contributed by atoms with Crippen molar-refractivity contribution >= 4 is 29.2 Å². The van der Waals surface area contributed by atoms with Gasteiger partial charge in [-0.1, -0.05) is 35.9 Å². The molecule has 26 heavy (non-hydrogen) atoms. The molecule has 1 aliphatic heterocycles. The van der Waals surface area contributed by atoms with Gasteiger partial charge >= 0.3 is 6.03 Å². The molecule has 1 aromatic carbocycles. The number of benzene rings is 1. The SMILES string of the molecule is Cc1ccc(C2(C)NC(=O)N(CC(=O)NCCc3cccs3)C2=O)cc1. The minimum atomic E-state index is -1.15. The highest BCUT2D eigenvalue weighted by atomic mass is 32.1. The van der Waals surface area contributed by atoms with Crippen molar-refractivity contribution in [1.29, 1.82) is 0 Å². The van der Waals surface area contributed by atoms with E-state index < -0.39 is 17.5 Å². The van der Waals surface area contributed by atoms with Crippen LogP contribution in [0.25, 0.3) is 0 Å². The fourth-order valence-electron chi connectivity index (χ4n) is 2.90. The molecular formula is C19H21N3O3S. The Bertz CT molecular complexity index is 817. The topological polar surface area (TPSA) is 78.5 Å². The number of carbonyl (C=O) groups is 3. The van der Waals surface area contributed by atoms with Crippen LogP contribution >= 0.6 is 11.3 Å². The summed E-state index contributed by atoms with van der Waals surface area (Å²) in [5.41, 5.74) is 0.611. The van der Waals surface area contributed by atoms with Crippen molar-refractivity contribution in [2.45, 2.75) is 25.8 Å². The van der Waals surface area contributed by atoms with E-state index in [0.717, 1.165) is 16.9 Å². The lowest BCUT2D eigenvalue weighted by Crippen LogP contribution is -2.43. The van der Waals surface area contributed by atoms with Crippen LogP contribution < -0.4 is 10.6 Å². The second kappa shape index (κ2) is 7.29.